The highest BCUT2D eigenvalue weighted by atomic mass is 28.3. The average Bonchev–Trinajstić information content (AvgIpc) is 2.90. The largest absolute Gasteiger partial charge is 0.451 e. The van der Waals surface area contributed by atoms with Crippen LogP contribution in [0.2, 0.25) is 25.7 Å². The number of rotatable bonds is 6. The molecule has 2 aromatic rings. The van der Waals surface area contributed by atoms with Crippen LogP contribution in [0.25, 0.3) is 11.4 Å². The second-order valence-electron chi connectivity index (χ2n) is 7.23. The van der Waals surface area contributed by atoms with E-state index < -0.39 is 20.1 Å². The normalized spacial score (nSPS) is 12.6. The number of nitrogens with zero attached hydrogens (tertiary/aromatic N) is 4. The molecule has 0 aromatic carbocycles. The van der Waals surface area contributed by atoms with Crippen LogP contribution in [-0.4, -0.2) is 34.4 Å². The van der Waals surface area contributed by atoms with E-state index >= 15 is 0 Å². The van der Waals surface area contributed by atoms with Crippen LogP contribution in [-0.2, 0) is 17.6 Å². The van der Waals surface area contributed by atoms with Gasteiger partial charge in [0.15, 0.2) is 5.82 Å². The van der Waals surface area contributed by atoms with Gasteiger partial charge in [0.2, 0.25) is 5.82 Å². The zero-order valence-corrected chi connectivity index (χ0v) is 16.1. The van der Waals surface area contributed by atoms with Gasteiger partial charge in [0.25, 0.3) is 0 Å². The molecule has 0 fully saturated rings. The van der Waals surface area contributed by atoms with E-state index in [0.29, 0.717) is 12.2 Å². The van der Waals surface area contributed by atoms with Crippen LogP contribution in [0, 0.1) is 13.8 Å². The Bertz CT molecular complexity index is 738. The van der Waals surface area contributed by atoms with Crippen LogP contribution in [0.5, 0.6) is 0 Å². The molecule has 138 valence electrons. The fourth-order valence-electron chi connectivity index (χ4n) is 2.06. The summed E-state index contributed by atoms with van der Waals surface area (Å²) < 4.78 is 45.9. The minimum absolute atomic E-state index is 0.00304. The van der Waals surface area contributed by atoms with Crippen LogP contribution >= 0.6 is 0 Å². The Hall–Kier alpha value is -1.74. The first-order valence-corrected chi connectivity index (χ1v) is 11.7. The fourth-order valence-corrected chi connectivity index (χ4v) is 2.82. The van der Waals surface area contributed by atoms with Gasteiger partial charge in [-0.3, -0.25) is 4.98 Å². The molecule has 0 atom stereocenters. The second-order valence-corrected chi connectivity index (χ2v) is 12.9. The van der Waals surface area contributed by atoms with E-state index in [9.17, 15) is 13.2 Å². The SMILES string of the molecule is Cc1cc(-c2nc(C(F)(F)F)n(COCC[Si](C)(C)C)n2)cnc1C. The number of hydrogen-bond donors (Lipinski definition) is 0. The Balaban J connectivity index is 2.23. The first-order chi connectivity index (χ1) is 11.5. The summed E-state index contributed by atoms with van der Waals surface area (Å²) in [4.78, 5) is 7.83. The molecule has 0 saturated carbocycles. The molecule has 0 bridgehead atoms. The molecule has 0 unspecified atom stereocenters. The van der Waals surface area contributed by atoms with Crippen LogP contribution in [0.3, 0.4) is 0 Å². The summed E-state index contributed by atoms with van der Waals surface area (Å²) in [6.07, 6.45) is -3.12. The third-order valence-electron chi connectivity index (χ3n) is 3.73. The predicted octanol–water partition coefficient (Wildman–Crippen LogP) is 4.29. The molecule has 2 aromatic heterocycles. The summed E-state index contributed by atoms with van der Waals surface area (Å²) in [6, 6.07) is 2.60. The van der Waals surface area contributed by atoms with Gasteiger partial charge in [-0.2, -0.15) is 13.2 Å². The van der Waals surface area contributed by atoms with E-state index in [1.165, 1.54) is 6.20 Å². The second kappa shape index (κ2) is 7.25. The van der Waals surface area contributed by atoms with Gasteiger partial charge in [-0.1, -0.05) is 19.6 Å². The summed E-state index contributed by atoms with van der Waals surface area (Å²) in [7, 11) is -1.31. The van der Waals surface area contributed by atoms with Crippen molar-refractivity contribution in [3.63, 3.8) is 0 Å². The van der Waals surface area contributed by atoms with Gasteiger partial charge in [-0.05, 0) is 31.5 Å². The van der Waals surface area contributed by atoms with Crippen molar-refractivity contribution in [3.8, 4) is 11.4 Å². The highest BCUT2D eigenvalue weighted by molar-refractivity contribution is 6.76. The molecule has 25 heavy (non-hydrogen) atoms. The third-order valence-corrected chi connectivity index (χ3v) is 5.44. The summed E-state index contributed by atoms with van der Waals surface area (Å²) in [5, 5.41) is 3.98. The molecule has 0 N–H and O–H groups in total. The van der Waals surface area contributed by atoms with E-state index in [1.807, 2.05) is 13.8 Å². The van der Waals surface area contributed by atoms with Crippen molar-refractivity contribution in [3.05, 3.63) is 29.3 Å². The molecule has 0 spiro atoms. The molecule has 0 amide bonds. The van der Waals surface area contributed by atoms with E-state index in [-0.39, 0.29) is 12.6 Å². The van der Waals surface area contributed by atoms with E-state index in [1.54, 1.807) is 6.07 Å². The Kier molecular flexibility index (Phi) is 5.67. The lowest BCUT2D eigenvalue weighted by Gasteiger charge is -2.15. The first-order valence-electron chi connectivity index (χ1n) is 8.01. The van der Waals surface area contributed by atoms with Crippen molar-refractivity contribution in [2.75, 3.05) is 6.61 Å². The molecular formula is C16H23F3N4OSi. The highest BCUT2D eigenvalue weighted by Gasteiger charge is 2.38. The molecule has 0 aliphatic carbocycles. The maximum Gasteiger partial charge on any atom is 0.451 e. The lowest BCUT2D eigenvalue weighted by molar-refractivity contribution is -0.150. The van der Waals surface area contributed by atoms with Gasteiger partial charge in [0.1, 0.15) is 6.73 Å². The average molecular weight is 372 g/mol. The third kappa shape index (κ3) is 5.37. The number of hydrogen-bond acceptors (Lipinski definition) is 4. The molecule has 0 radical (unpaired) electrons. The number of pyridine rings is 1. The summed E-state index contributed by atoms with van der Waals surface area (Å²) in [5.41, 5.74) is 2.14. The van der Waals surface area contributed by atoms with Gasteiger partial charge < -0.3 is 4.74 Å². The van der Waals surface area contributed by atoms with Crippen LogP contribution in [0.15, 0.2) is 12.3 Å². The lowest BCUT2D eigenvalue weighted by atomic mass is 10.1. The van der Waals surface area contributed by atoms with Gasteiger partial charge in [0.05, 0.1) is 0 Å². The van der Waals surface area contributed by atoms with Crippen molar-refractivity contribution in [2.24, 2.45) is 0 Å². The Morgan fingerprint density at radius 3 is 2.44 bits per heavy atom. The van der Waals surface area contributed by atoms with Crippen LogP contribution in [0.1, 0.15) is 17.1 Å². The van der Waals surface area contributed by atoms with Crippen LogP contribution in [0.4, 0.5) is 13.2 Å². The van der Waals surface area contributed by atoms with Gasteiger partial charge in [0, 0.05) is 32.1 Å². The first kappa shape index (κ1) is 19.6. The molecule has 5 nitrogen and oxygen atoms in total. The molecule has 0 aliphatic rings. The zero-order valence-electron chi connectivity index (χ0n) is 15.1. The smallest absolute Gasteiger partial charge is 0.359 e. The Morgan fingerprint density at radius 2 is 1.88 bits per heavy atom. The number of alkyl halides is 3. The van der Waals surface area contributed by atoms with Crippen molar-refractivity contribution < 1.29 is 17.9 Å². The highest BCUT2D eigenvalue weighted by Crippen LogP contribution is 2.30. The summed E-state index contributed by atoms with van der Waals surface area (Å²) in [5.74, 6) is -1.06. The Morgan fingerprint density at radius 1 is 1.20 bits per heavy atom. The quantitative estimate of drug-likeness (QED) is 0.561. The van der Waals surface area contributed by atoms with E-state index in [2.05, 4.69) is 34.7 Å². The summed E-state index contributed by atoms with van der Waals surface area (Å²) in [6.45, 7) is 10.3. The fraction of sp³-hybridized carbons (Fsp3) is 0.562. The molecule has 2 rings (SSSR count). The van der Waals surface area contributed by atoms with Gasteiger partial charge >= 0.3 is 6.18 Å². The molecule has 9 heteroatoms. The maximum absolute atomic E-state index is 13.2. The van der Waals surface area contributed by atoms with Crippen molar-refractivity contribution >= 4 is 8.07 Å². The van der Waals surface area contributed by atoms with Crippen molar-refractivity contribution in [2.45, 2.75) is 52.4 Å². The lowest BCUT2D eigenvalue weighted by Crippen LogP contribution is -2.23. The van der Waals surface area contributed by atoms with E-state index in [4.69, 9.17) is 4.74 Å². The minimum Gasteiger partial charge on any atom is -0.359 e. The number of ether oxygens (including phenoxy) is 1. The predicted molar refractivity (Wildman–Crippen MR) is 91.8 cm³/mol. The standard InChI is InChI=1S/C16H23F3N4OSi/c1-11-8-13(9-20-12(11)2)14-21-15(16(17,18)19)23(22-14)10-24-6-7-25(3,4)5/h8-9H,6-7,10H2,1-5H3. The molecular weight excluding hydrogens is 349 g/mol. The topological polar surface area (TPSA) is 52.8 Å². The number of halogens is 3. The monoisotopic (exact) mass is 372 g/mol. The molecule has 2 heterocycles. The summed E-state index contributed by atoms with van der Waals surface area (Å²) >= 11 is 0. The maximum atomic E-state index is 13.2. The molecule has 0 aliphatic heterocycles. The minimum atomic E-state index is -4.60. The van der Waals surface area contributed by atoms with Crippen LogP contribution < -0.4 is 0 Å². The van der Waals surface area contributed by atoms with Crippen molar-refractivity contribution in [1.82, 2.24) is 19.7 Å². The van der Waals surface area contributed by atoms with Gasteiger partial charge in [-0.15, -0.1) is 5.10 Å². The molecule has 0 saturated heterocycles. The number of aryl methyl sites for hydroxylation is 2. The number of aromatic nitrogens is 4. The van der Waals surface area contributed by atoms with E-state index in [0.717, 1.165) is 22.0 Å². The van der Waals surface area contributed by atoms with Gasteiger partial charge in [-0.25, -0.2) is 9.67 Å². The Labute approximate surface area is 146 Å². The van der Waals surface area contributed by atoms with Crippen molar-refractivity contribution in [1.29, 1.82) is 0 Å². The zero-order chi connectivity index (χ0) is 18.8.